The topological polar surface area (TPSA) is 139 Å². The fraction of sp³-hybridized carbons (Fsp3) is 0.591. The number of nitrogens with one attached hydrogen (secondary N) is 1. The van der Waals surface area contributed by atoms with Crippen molar-refractivity contribution in [3.63, 3.8) is 0 Å². The Hall–Kier alpha value is -2.37. The summed E-state index contributed by atoms with van der Waals surface area (Å²) in [5.74, 6) is -2.10. The van der Waals surface area contributed by atoms with Gasteiger partial charge in [-0.3, -0.25) is 18.8 Å². The van der Waals surface area contributed by atoms with Crippen LogP contribution < -0.4 is 22.2 Å². The lowest BCUT2D eigenvalue weighted by Crippen LogP contribution is -2.42. The number of ketones is 1. The third kappa shape index (κ3) is 10.9. The minimum Gasteiger partial charge on any atom is -0.450 e. The van der Waals surface area contributed by atoms with Crippen molar-refractivity contribution in [3.8, 4) is 0 Å². The molecule has 1 radical (unpaired) electrons. The highest BCUT2D eigenvalue weighted by Crippen LogP contribution is 2.11. The molecule has 33 heavy (non-hydrogen) atoms. The van der Waals surface area contributed by atoms with Crippen molar-refractivity contribution in [1.29, 1.82) is 0 Å². The molecule has 0 spiro atoms. The predicted molar refractivity (Wildman–Crippen MR) is 123 cm³/mol. The SMILES string of the molecule is NCCCCCN(CC(=O)NCCCC[C@H](N)C(=O)CCF)C(=O)c1ccc([B]O)cc1F. The average molecular weight is 467 g/mol. The van der Waals surface area contributed by atoms with Crippen LogP contribution >= 0.6 is 0 Å². The van der Waals surface area contributed by atoms with E-state index in [9.17, 15) is 23.2 Å². The summed E-state index contributed by atoms with van der Waals surface area (Å²) >= 11 is 0. The van der Waals surface area contributed by atoms with Gasteiger partial charge in [-0.1, -0.05) is 17.9 Å². The van der Waals surface area contributed by atoms with Crippen molar-refractivity contribution in [1.82, 2.24) is 10.2 Å². The quantitative estimate of drug-likeness (QED) is 0.190. The molecule has 0 saturated heterocycles. The highest BCUT2D eigenvalue weighted by atomic mass is 19.1. The number of alkyl halides is 1. The zero-order valence-corrected chi connectivity index (χ0v) is 18.9. The molecule has 0 heterocycles. The molecule has 2 amide bonds. The monoisotopic (exact) mass is 467 g/mol. The van der Waals surface area contributed by atoms with Crippen molar-refractivity contribution in [2.75, 3.05) is 32.9 Å². The van der Waals surface area contributed by atoms with E-state index in [0.29, 0.717) is 38.8 Å². The van der Waals surface area contributed by atoms with Crippen molar-refractivity contribution >= 4 is 30.5 Å². The first-order chi connectivity index (χ1) is 15.8. The Labute approximate surface area is 194 Å². The van der Waals surface area contributed by atoms with Crippen LogP contribution in [-0.4, -0.2) is 73.9 Å². The second kappa shape index (κ2) is 16.3. The molecule has 0 aliphatic carbocycles. The molecule has 1 atom stereocenters. The first-order valence-electron chi connectivity index (χ1n) is 11.2. The lowest BCUT2D eigenvalue weighted by molar-refractivity contribution is -0.122. The molecular formula is C22H34BF2N4O4. The van der Waals surface area contributed by atoms with E-state index < -0.39 is 24.4 Å². The van der Waals surface area contributed by atoms with E-state index in [0.717, 1.165) is 26.4 Å². The molecule has 1 aromatic rings. The molecule has 0 saturated carbocycles. The van der Waals surface area contributed by atoms with Gasteiger partial charge in [0.2, 0.25) is 5.91 Å². The summed E-state index contributed by atoms with van der Waals surface area (Å²) in [6, 6.07) is 3.02. The van der Waals surface area contributed by atoms with Crippen LogP contribution in [-0.2, 0) is 9.59 Å². The Bertz CT molecular complexity index is 770. The number of hydrogen-bond acceptors (Lipinski definition) is 6. The number of nitrogens with zero attached hydrogens (tertiary/aromatic N) is 1. The van der Waals surface area contributed by atoms with E-state index >= 15 is 0 Å². The van der Waals surface area contributed by atoms with Crippen molar-refractivity contribution < 1.29 is 28.2 Å². The van der Waals surface area contributed by atoms with Crippen LogP contribution in [0.25, 0.3) is 0 Å². The smallest absolute Gasteiger partial charge is 0.326 e. The lowest BCUT2D eigenvalue weighted by Gasteiger charge is -2.23. The number of carbonyl (C=O) groups excluding carboxylic acids is 3. The second-order valence-corrected chi connectivity index (χ2v) is 7.80. The molecule has 0 bridgehead atoms. The third-order valence-corrected chi connectivity index (χ3v) is 5.14. The van der Waals surface area contributed by atoms with E-state index in [1.54, 1.807) is 0 Å². The number of hydrogen-bond donors (Lipinski definition) is 4. The van der Waals surface area contributed by atoms with Gasteiger partial charge >= 0.3 is 7.48 Å². The highest BCUT2D eigenvalue weighted by Gasteiger charge is 2.22. The normalized spacial score (nSPS) is 11.7. The van der Waals surface area contributed by atoms with E-state index in [1.165, 1.54) is 17.0 Å². The van der Waals surface area contributed by atoms with Gasteiger partial charge in [0.05, 0.1) is 24.8 Å². The van der Waals surface area contributed by atoms with Gasteiger partial charge in [0.1, 0.15) is 5.82 Å². The molecule has 6 N–H and O–H groups in total. The number of Topliss-reactive ketones (excluding diaryl/α,β-unsaturated/α-hetero) is 1. The van der Waals surface area contributed by atoms with Crippen molar-refractivity contribution in [2.45, 2.75) is 51.0 Å². The van der Waals surface area contributed by atoms with Crippen LogP contribution in [0.3, 0.4) is 0 Å². The summed E-state index contributed by atoms with van der Waals surface area (Å²) in [7, 11) is 0.735. The van der Waals surface area contributed by atoms with E-state index in [-0.39, 0.29) is 42.2 Å². The molecule has 0 unspecified atom stereocenters. The van der Waals surface area contributed by atoms with Gasteiger partial charge in [-0.2, -0.15) is 0 Å². The average Bonchev–Trinajstić information content (AvgIpc) is 2.80. The first-order valence-corrected chi connectivity index (χ1v) is 11.2. The van der Waals surface area contributed by atoms with Gasteiger partial charge < -0.3 is 26.7 Å². The maximum Gasteiger partial charge on any atom is 0.326 e. The summed E-state index contributed by atoms with van der Waals surface area (Å²) in [5.41, 5.74) is 11.2. The Balaban J connectivity index is 2.60. The van der Waals surface area contributed by atoms with Gasteiger partial charge in [0.25, 0.3) is 5.91 Å². The summed E-state index contributed by atoms with van der Waals surface area (Å²) in [4.78, 5) is 38.0. The first kappa shape index (κ1) is 28.7. The van der Waals surface area contributed by atoms with Crippen LogP contribution in [0, 0.1) is 5.82 Å². The largest absolute Gasteiger partial charge is 0.450 e. The third-order valence-electron chi connectivity index (χ3n) is 5.14. The van der Waals surface area contributed by atoms with Crippen LogP contribution in [0.2, 0.25) is 0 Å². The van der Waals surface area contributed by atoms with Crippen molar-refractivity contribution in [2.24, 2.45) is 11.5 Å². The van der Waals surface area contributed by atoms with E-state index in [4.69, 9.17) is 16.5 Å². The van der Waals surface area contributed by atoms with Crippen LogP contribution in [0.5, 0.6) is 0 Å². The number of halogens is 2. The zero-order chi connectivity index (χ0) is 24.6. The molecular weight excluding hydrogens is 433 g/mol. The summed E-state index contributed by atoms with van der Waals surface area (Å²) in [6.45, 7) is 0.158. The standard InChI is InChI=1S/C22H34BF2N4O4/c24-10-9-20(30)19(27)6-2-4-12-28-21(31)15-29(13-5-1-3-11-26)22(32)17-8-7-16(23-33)14-18(17)25/h7-8,14,19,33H,1-6,9-13,15,26-27H2,(H,28,31)/t19-/m0/s1. The highest BCUT2D eigenvalue weighted by molar-refractivity contribution is 6.45. The van der Waals surface area contributed by atoms with Gasteiger partial charge in [0.15, 0.2) is 5.78 Å². The fourth-order valence-corrected chi connectivity index (χ4v) is 3.22. The molecule has 0 fully saturated rings. The Kier molecular flexibility index (Phi) is 14.1. The van der Waals surface area contributed by atoms with Crippen LogP contribution in [0.1, 0.15) is 55.3 Å². The summed E-state index contributed by atoms with van der Waals surface area (Å²) in [5, 5.41) is 11.7. The lowest BCUT2D eigenvalue weighted by atomic mass is 9.88. The second-order valence-electron chi connectivity index (χ2n) is 7.80. The van der Waals surface area contributed by atoms with Gasteiger partial charge in [-0.25, -0.2) is 4.39 Å². The maximum atomic E-state index is 14.3. The van der Waals surface area contributed by atoms with E-state index in [1.807, 2.05) is 0 Å². The predicted octanol–water partition coefficient (Wildman–Crippen LogP) is 0.176. The van der Waals surface area contributed by atoms with Gasteiger partial charge in [-0.15, -0.1) is 0 Å². The summed E-state index contributed by atoms with van der Waals surface area (Å²) in [6.07, 6.45) is 3.53. The molecule has 0 aromatic heterocycles. The number of nitrogens with two attached hydrogens (primary N) is 2. The Morgan fingerprint density at radius 1 is 1.15 bits per heavy atom. The van der Waals surface area contributed by atoms with Crippen LogP contribution in [0.4, 0.5) is 8.78 Å². The van der Waals surface area contributed by atoms with Gasteiger partial charge in [-0.05, 0) is 50.8 Å². The molecule has 183 valence electrons. The number of rotatable bonds is 17. The maximum absolute atomic E-state index is 14.3. The van der Waals surface area contributed by atoms with Gasteiger partial charge in [0, 0.05) is 19.5 Å². The number of amides is 2. The molecule has 0 aliphatic heterocycles. The minimum atomic E-state index is -0.784. The molecule has 8 nitrogen and oxygen atoms in total. The molecule has 11 heteroatoms. The molecule has 0 aliphatic rings. The Morgan fingerprint density at radius 2 is 1.91 bits per heavy atom. The number of benzene rings is 1. The minimum absolute atomic E-state index is 0.181. The van der Waals surface area contributed by atoms with E-state index in [2.05, 4.69) is 5.32 Å². The fourth-order valence-electron chi connectivity index (χ4n) is 3.22. The van der Waals surface area contributed by atoms with Crippen LogP contribution in [0.15, 0.2) is 18.2 Å². The number of unbranched alkanes of at least 4 members (excludes halogenated alkanes) is 3. The zero-order valence-electron chi connectivity index (χ0n) is 18.9. The summed E-state index contributed by atoms with van der Waals surface area (Å²) < 4.78 is 26.5. The molecule has 1 rings (SSSR count). The molecule has 1 aromatic carbocycles. The number of carbonyl (C=O) groups is 3. The Morgan fingerprint density at radius 3 is 2.55 bits per heavy atom. The van der Waals surface area contributed by atoms with Crippen molar-refractivity contribution in [3.05, 3.63) is 29.6 Å².